The lowest BCUT2D eigenvalue weighted by Crippen LogP contribution is -2.49. The molecule has 204 valence electrons. The fourth-order valence-corrected chi connectivity index (χ4v) is 4.67. The minimum Gasteiger partial charge on any atom is -0.494 e. The summed E-state index contributed by atoms with van der Waals surface area (Å²) in [6.45, 7) is -0.853. The number of furan rings is 1. The number of amides is 3. The zero-order valence-electron chi connectivity index (χ0n) is 20.5. The maximum atomic E-state index is 13.4. The lowest BCUT2D eigenvalue weighted by molar-refractivity contribution is -0.140. The average molecular weight is 537 g/mol. The third-order valence-electron chi connectivity index (χ3n) is 6.31. The van der Waals surface area contributed by atoms with Gasteiger partial charge in [-0.2, -0.15) is 13.2 Å². The van der Waals surface area contributed by atoms with Crippen LogP contribution in [-0.4, -0.2) is 71.9 Å². The lowest BCUT2D eigenvalue weighted by Gasteiger charge is -2.33. The van der Waals surface area contributed by atoms with Crippen molar-refractivity contribution in [3.63, 3.8) is 0 Å². The predicted octanol–water partition coefficient (Wildman–Crippen LogP) is 3.54. The highest BCUT2D eigenvalue weighted by Gasteiger charge is 2.34. The quantitative estimate of drug-likeness (QED) is 0.408. The number of alkyl halides is 3. The van der Waals surface area contributed by atoms with Crippen molar-refractivity contribution in [2.45, 2.75) is 31.6 Å². The third kappa shape index (κ3) is 5.33. The number of carbonyl (C=O) groups is 3. The molecule has 4 rings (SSSR count). The van der Waals surface area contributed by atoms with Gasteiger partial charge in [0.1, 0.15) is 23.7 Å². The van der Waals surface area contributed by atoms with E-state index >= 15 is 0 Å². The Hall–Kier alpha value is -4.36. The molecular formula is C24H26F3N5O6. The number of nitrogens with one attached hydrogen (secondary N) is 1. The molecule has 3 aromatic rings. The number of halogens is 3. The molecule has 0 unspecified atom stereocenters. The SMILES string of the molecule is COc1cc(C(=O)N2CCC[C@@H](NC(=O)O)C2)cc(N)c1N(C)C(=O)c1cc2ccoc2n1CC(F)(F)F. The minimum absolute atomic E-state index is 0.0154. The van der Waals surface area contributed by atoms with E-state index in [-0.39, 0.29) is 40.6 Å². The summed E-state index contributed by atoms with van der Waals surface area (Å²) in [6.07, 6.45) is -3.37. The van der Waals surface area contributed by atoms with Gasteiger partial charge < -0.3 is 35.1 Å². The molecule has 14 heteroatoms. The summed E-state index contributed by atoms with van der Waals surface area (Å²) in [5.41, 5.74) is 6.06. The number of benzene rings is 1. The van der Waals surface area contributed by atoms with Gasteiger partial charge in [-0.3, -0.25) is 14.2 Å². The first-order valence-electron chi connectivity index (χ1n) is 11.6. The standard InChI is InChI=1S/C24H26F3N5O6/c1-30(21(34)17-9-13-5-7-38-22(13)32(17)12-24(25,26)27)19-16(28)8-14(10-18(19)37-2)20(33)31-6-3-4-15(11-31)29-23(35)36/h5,7-10,15,29H,3-4,6,11-12,28H2,1-2H3,(H,35,36)/t15-/m1/s1. The fraction of sp³-hybridized carbons (Fsp3) is 0.375. The number of piperidine rings is 1. The van der Waals surface area contributed by atoms with Gasteiger partial charge in [-0.15, -0.1) is 0 Å². The second kappa shape index (κ2) is 10.2. The Morgan fingerprint density at radius 1 is 1.29 bits per heavy atom. The molecule has 1 fully saturated rings. The van der Waals surface area contributed by atoms with Crippen LogP contribution in [0.15, 0.2) is 34.9 Å². The van der Waals surface area contributed by atoms with Crippen molar-refractivity contribution in [2.24, 2.45) is 0 Å². The zero-order valence-corrected chi connectivity index (χ0v) is 20.5. The Labute approximate surface area is 214 Å². The number of hydrogen-bond donors (Lipinski definition) is 3. The Morgan fingerprint density at radius 2 is 2.03 bits per heavy atom. The molecule has 0 bridgehead atoms. The molecule has 38 heavy (non-hydrogen) atoms. The molecule has 2 aromatic heterocycles. The molecule has 1 aliphatic heterocycles. The number of methoxy groups -OCH3 is 1. The van der Waals surface area contributed by atoms with Crippen LogP contribution in [0.2, 0.25) is 0 Å². The van der Waals surface area contributed by atoms with Gasteiger partial charge in [0.15, 0.2) is 0 Å². The second-order valence-corrected chi connectivity index (χ2v) is 8.93. The number of rotatable bonds is 6. The summed E-state index contributed by atoms with van der Waals surface area (Å²) >= 11 is 0. The number of carbonyl (C=O) groups excluding carboxylic acids is 2. The van der Waals surface area contributed by atoms with E-state index in [9.17, 15) is 27.6 Å². The average Bonchev–Trinajstić information content (AvgIpc) is 3.43. The molecule has 1 saturated heterocycles. The largest absolute Gasteiger partial charge is 0.494 e. The van der Waals surface area contributed by atoms with Crippen LogP contribution in [0.4, 0.5) is 29.3 Å². The van der Waals surface area contributed by atoms with Crippen molar-refractivity contribution in [3.05, 3.63) is 41.8 Å². The van der Waals surface area contributed by atoms with Crippen LogP contribution in [0, 0.1) is 0 Å². The van der Waals surface area contributed by atoms with E-state index in [2.05, 4.69) is 5.32 Å². The molecule has 0 spiro atoms. The van der Waals surface area contributed by atoms with Gasteiger partial charge in [0.05, 0.1) is 19.1 Å². The van der Waals surface area contributed by atoms with Crippen LogP contribution in [0.1, 0.15) is 33.7 Å². The molecule has 1 aromatic carbocycles. The number of hydrogen-bond acceptors (Lipinski definition) is 6. The lowest BCUT2D eigenvalue weighted by atomic mass is 10.0. The normalized spacial score (nSPS) is 15.9. The van der Waals surface area contributed by atoms with Crippen molar-refractivity contribution < 1.29 is 41.8 Å². The van der Waals surface area contributed by atoms with Crippen molar-refractivity contribution in [1.82, 2.24) is 14.8 Å². The number of aromatic nitrogens is 1. The zero-order chi connectivity index (χ0) is 27.8. The number of fused-ring (bicyclic) bond motifs is 1. The summed E-state index contributed by atoms with van der Waals surface area (Å²) < 4.78 is 51.1. The summed E-state index contributed by atoms with van der Waals surface area (Å²) in [5.74, 6) is -1.16. The first-order valence-corrected chi connectivity index (χ1v) is 11.6. The van der Waals surface area contributed by atoms with Crippen molar-refractivity contribution in [1.29, 1.82) is 0 Å². The maximum absolute atomic E-state index is 13.4. The third-order valence-corrected chi connectivity index (χ3v) is 6.31. The van der Waals surface area contributed by atoms with Gasteiger partial charge in [-0.25, -0.2) is 4.79 Å². The van der Waals surface area contributed by atoms with E-state index in [0.717, 1.165) is 9.47 Å². The van der Waals surface area contributed by atoms with Gasteiger partial charge in [-0.05, 0) is 37.1 Å². The Morgan fingerprint density at radius 3 is 2.68 bits per heavy atom. The molecule has 0 saturated carbocycles. The summed E-state index contributed by atoms with van der Waals surface area (Å²) in [6, 6.07) is 5.06. The molecule has 3 heterocycles. The first-order chi connectivity index (χ1) is 17.9. The maximum Gasteiger partial charge on any atom is 0.406 e. The highest BCUT2D eigenvalue weighted by atomic mass is 19.4. The van der Waals surface area contributed by atoms with E-state index in [1.165, 1.54) is 49.6 Å². The monoisotopic (exact) mass is 537 g/mol. The van der Waals surface area contributed by atoms with E-state index in [1.807, 2.05) is 0 Å². The van der Waals surface area contributed by atoms with Gasteiger partial charge in [-0.1, -0.05) is 0 Å². The molecule has 0 radical (unpaired) electrons. The molecule has 1 aliphatic rings. The number of nitrogens with zero attached hydrogens (tertiary/aromatic N) is 3. The van der Waals surface area contributed by atoms with E-state index in [4.69, 9.17) is 20.0 Å². The van der Waals surface area contributed by atoms with Gasteiger partial charge in [0.2, 0.25) is 5.71 Å². The smallest absolute Gasteiger partial charge is 0.406 e. The van der Waals surface area contributed by atoms with Crippen LogP contribution in [0.3, 0.4) is 0 Å². The number of carboxylic acid groups (broad SMARTS) is 1. The fourth-order valence-electron chi connectivity index (χ4n) is 4.67. The van der Waals surface area contributed by atoms with E-state index in [1.54, 1.807) is 0 Å². The number of anilines is 2. The van der Waals surface area contributed by atoms with Gasteiger partial charge in [0, 0.05) is 37.1 Å². The Balaban J connectivity index is 1.64. The first kappa shape index (κ1) is 26.7. The van der Waals surface area contributed by atoms with Crippen LogP contribution < -0.4 is 20.7 Å². The van der Waals surface area contributed by atoms with Gasteiger partial charge >= 0.3 is 12.3 Å². The van der Waals surface area contributed by atoms with Crippen LogP contribution >= 0.6 is 0 Å². The molecule has 4 N–H and O–H groups in total. The molecule has 3 amide bonds. The molecular weight excluding hydrogens is 511 g/mol. The van der Waals surface area contributed by atoms with Crippen molar-refractivity contribution >= 4 is 40.4 Å². The molecule has 1 atom stereocenters. The van der Waals surface area contributed by atoms with Crippen molar-refractivity contribution in [3.8, 4) is 5.75 Å². The van der Waals surface area contributed by atoms with E-state index in [0.29, 0.717) is 24.8 Å². The molecule has 11 nitrogen and oxygen atoms in total. The second-order valence-electron chi connectivity index (χ2n) is 8.93. The van der Waals surface area contributed by atoms with Crippen LogP contribution in [0.25, 0.3) is 11.1 Å². The molecule has 0 aliphatic carbocycles. The topological polar surface area (TPSA) is 143 Å². The Kier molecular flexibility index (Phi) is 7.16. The summed E-state index contributed by atoms with van der Waals surface area (Å²) in [7, 11) is 2.63. The van der Waals surface area contributed by atoms with E-state index < -0.39 is 36.7 Å². The number of nitrogens with two attached hydrogens (primary N) is 1. The predicted molar refractivity (Wildman–Crippen MR) is 130 cm³/mol. The number of likely N-dealkylation sites (tertiary alicyclic amines) is 1. The highest BCUT2D eigenvalue weighted by Crippen LogP contribution is 2.37. The van der Waals surface area contributed by atoms with Crippen molar-refractivity contribution in [2.75, 3.05) is 37.9 Å². The summed E-state index contributed by atoms with van der Waals surface area (Å²) in [5, 5.41) is 11.7. The Bertz CT molecular complexity index is 1380. The minimum atomic E-state index is -4.61. The highest BCUT2D eigenvalue weighted by molar-refractivity contribution is 6.10. The van der Waals surface area contributed by atoms with Crippen LogP contribution in [-0.2, 0) is 6.54 Å². The number of nitrogen functional groups attached to an aromatic ring is 1. The van der Waals surface area contributed by atoms with Gasteiger partial charge in [0.25, 0.3) is 11.8 Å². The summed E-state index contributed by atoms with van der Waals surface area (Å²) in [4.78, 5) is 40.1. The number of ether oxygens (including phenoxy) is 1. The van der Waals surface area contributed by atoms with Crippen LogP contribution in [0.5, 0.6) is 5.75 Å².